The third-order valence-corrected chi connectivity index (χ3v) is 6.37. The lowest BCUT2D eigenvalue weighted by atomic mass is 10.1. The Morgan fingerprint density at radius 2 is 1.90 bits per heavy atom. The topological polar surface area (TPSA) is 73.8 Å². The number of carbonyl (C=O) groups excluding carboxylic acids is 1. The summed E-state index contributed by atoms with van der Waals surface area (Å²) in [6, 6.07) is 8.43. The Bertz CT molecular complexity index is 1150. The third-order valence-electron chi connectivity index (χ3n) is 5.32. The van der Waals surface area contributed by atoms with Crippen LogP contribution in [-0.2, 0) is 4.79 Å². The highest BCUT2D eigenvalue weighted by Crippen LogP contribution is 2.30. The summed E-state index contributed by atoms with van der Waals surface area (Å²) in [6.07, 6.45) is 2.51. The number of benzene rings is 1. The van der Waals surface area contributed by atoms with Crippen LogP contribution < -0.4 is 0 Å². The molecular formula is C22H23N5OS. The number of amides is 1. The van der Waals surface area contributed by atoms with Crippen LogP contribution in [0.3, 0.4) is 0 Å². The van der Waals surface area contributed by atoms with E-state index < -0.39 is 5.91 Å². The number of hydrazone groups is 1. The number of aromatic nitrogens is 1. The summed E-state index contributed by atoms with van der Waals surface area (Å²) >= 11 is 1.35. The highest BCUT2D eigenvalue weighted by Gasteiger charge is 2.35. The van der Waals surface area contributed by atoms with Gasteiger partial charge in [-0.05, 0) is 86.8 Å². The molecular weight excluding hydrogens is 382 g/mol. The number of rotatable bonds is 3. The van der Waals surface area contributed by atoms with Crippen molar-refractivity contribution < 1.29 is 4.79 Å². The molecule has 1 aromatic carbocycles. The lowest BCUT2D eigenvalue weighted by Crippen LogP contribution is -2.35. The average molecular weight is 406 g/mol. The molecule has 4 rings (SSSR count). The van der Waals surface area contributed by atoms with Gasteiger partial charge in [-0.3, -0.25) is 10.2 Å². The number of thioether (sulfide) groups is 1. The lowest BCUT2D eigenvalue weighted by Gasteiger charge is -2.20. The standard InChI is InChI=1S/C22H23N5OS/c1-6-19-25-27-20(23)18(21(28)24-22(27)29-19)11-16-10-14(4)26(15(16)5)17-8-7-12(2)13(3)9-17/h7-11,23H,6H2,1-5H3/b18-11-,23-20?. The van der Waals surface area contributed by atoms with E-state index in [0.29, 0.717) is 5.17 Å². The van der Waals surface area contributed by atoms with E-state index >= 15 is 0 Å². The van der Waals surface area contributed by atoms with E-state index in [1.807, 2.05) is 26.8 Å². The van der Waals surface area contributed by atoms with Crippen LogP contribution in [0.25, 0.3) is 11.8 Å². The van der Waals surface area contributed by atoms with E-state index in [4.69, 9.17) is 5.41 Å². The van der Waals surface area contributed by atoms with Gasteiger partial charge in [0.25, 0.3) is 5.91 Å². The van der Waals surface area contributed by atoms with Crippen LogP contribution in [0.1, 0.15) is 41.4 Å². The Morgan fingerprint density at radius 1 is 1.14 bits per heavy atom. The first-order valence-electron chi connectivity index (χ1n) is 9.55. The maximum atomic E-state index is 12.6. The first-order valence-corrected chi connectivity index (χ1v) is 10.4. The number of hydrogen-bond donors (Lipinski definition) is 1. The zero-order valence-electron chi connectivity index (χ0n) is 17.2. The summed E-state index contributed by atoms with van der Waals surface area (Å²) in [5, 5.41) is 15.7. The van der Waals surface area contributed by atoms with E-state index in [-0.39, 0.29) is 11.4 Å². The molecule has 7 heteroatoms. The molecule has 0 atom stereocenters. The van der Waals surface area contributed by atoms with E-state index in [9.17, 15) is 4.79 Å². The van der Waals surface area contributed by atoms with Gasteiger partial charge >= 0.3 is 0 Å². The Hall–Kier alpha value is -2.93. The molecule has 0 unspecified atom stereocenters. The average Bonchev–Trinajstić information content (AvgIpc) is 3.21. The number of nitrogens with zero attached hydrogens (tertiary/aromatic N) is 4. The van der Waals surface area contributed by atoms with Crippen molar-refractivity contribution in [3.63, 3.8) is 0 Å². The molecule has 6 nitrogen and oxygen atoms in total. The monoisotopic (exact) mass is 405 g/mol. The van der Waals surface area contributed by atoms with Gasteiger partial charge in [-0.25, -0.2) is 0 Å². The van der Waals surface area contributed by atoms with E-state index in [2.05, 4.69) is 46.7 Å². The largest absolute Gasteiger partial charge is 0.318 e. The molecule has 2 aliphatic heterocycles. The minimum atomic E-state index is -0.391. The second kappa shape index (κ2) is 7.15. The number of hydrogen-bond acceptors (Lipinski definition) is 4. The van der Waals surface area contributed by atoms with Crippen molar-refractivity contribution in [3.05, 3.63) is 57.9 Å². The number of carbonyl (C=O) groups is 1. The number of fused-ring (bicyclic) bond motifs is 1. The maximum absolute atomic E-state index is 12.6. The van der Waals surface area contributed by atoms with Crippen LogP contribution in [0.2, 0.25) is 0 Å². The lowest BCUT2D eigenvalue weighted by molar-refractivity contribution is -0.114. The van der Waals surface area contributed by atoms with Crippen molar-refractivity contribution in [3.8, 4) is 5.69 Å². The molecule has 0 radical (unpaired) electrons. The smallest absolute Gasteiger partial charge is 0.283 e. The summed E-state index contributed by atoms with van der Waals surface area (Å²) in [6.45, 7) is 10.3. The molecule has 0 aliphatic carbocycles. The Labute approximate surface area is 174 Å². The Balaban J connectivity index is 1.76. The fraction of sp³-hybridized carbons (Fsp3) is 0.273. The van der Waals surface area contributed by atoms with Crippen molar-refractivity contribution >= 4 is 39.8 Å². The van der Waals surface area contributed by atoms with Crippen LogP contribution in [0, 0.1) is 33.1 Å². The van der Waals surface area contributed by atoms with Crippen molar-refractivity contribution in [2.75, 3.05) is 0 Å². The minimum absolute atomic E-state index is 0.0759. The Kier molecular flexibility index (Phi) is 4.78. The van der Waals surface area contributed by atoms with Gasteiger partial charge in [0.15, 0.2) is 5.84 Å². The van der Waals surface area contributed by atoms with Gasteiger partial charge in [0.1, 0.15) is 5.04 Å². The Morgan fingerprint density at radius 3 is 2.59 bits per heavy atom. The predicted molar refractivity (Wildman–Crippen MR) is 120 cm³/mol. The van der Waals surface area contributed by atoms with Crippen molar-refractivity contribution in [2.24, 2.45) is 10.1 Å². The first kappa shape index (κ1) is 19.4. The van der Waals surface area contributed by atoms with Gasteiger partial charge in [0.2, 0.25) is 5.17 Å². The van der Waals surface area contributed by atoms with Crippen LogP contribution in [0.15, 0.2) is 39.9 Å². The van der Waals surface area contributed by atoms with Crippen molar-refractivity contribution in [1.29, 1.82) is 5.41 Å². The quantitative estimate of drug-likeness (QED) is 0.750. The summed E-state index contributed by atoms with van der Waals surface area (Å²) in [7, 11) is 0. The summed E-state index contributed by atoms with van der Waals surface area (Å²) in [5.74, 6) is -0.316. The molecule has 2 aliphatic rings. The second-order valence-corrected chi connectivity index (χ2v) is 8.34. The highest BCUT2D eigenvalue weighted by atomic mass is 32.2. The molecule has 0 saturated carbocycles. The zero-order chi connectivity index (χ0) is 20.9. The van der Waals surface area contributed by atoms with Gasteiger partial charge in [-0.2, -0.15) is 15.1 Å². The van der Waals surface area contributed by atoms with Crippen LogP contribution >= 0.6 is 11.8 Å². The summed E-state index contributed by atoms with van der Waals surface area (Å²) in [4.78, 5) is 16.8. The molecule has 0 bridgehead atoms. The molecule has 0 saturated heterocycles. The van der Waals surface area contributed by atoms with Crippen LogP contribution in [0.5, 0.6) is 0 Å². The molecule has 148 valence electrons. The van der Waals surface area contributed by atoms with Gasteiger partial charge in [-0.15, -0.1) is 0 Å². The van der Waals surface area contributed by atoms with E-state index in [1.54, 1.807) is 6.08 Å². The van der Waals surface area contributed by atoms with Gasteiger partial charge < -0.3 is 4.57 Å². The SMILES string of the molecule is CCC1=NN2C(=N)/C(=C/c3cc(C)n(-c4ccc(C)c(C)c4)c3C)C(=O)N=C2S1. The molecule has 3 heterocycles. The number of nitrogens with one attached hydrogen (secondary N) is 1. The summed E-state index contributed by atoms with van der Waals surface area (Å²) in [5.41, 5.74) is 6.82. The third kappa shape index (κ3) is 3.25. The molecule has 1 aromatic heterocycles. The van der Waals surface area contributed by atoms with Crippen molar-refractivity contribution in [1.82, 2.24) is 9.58 Å². The normalized spacial score (nSPS) is 17.7. The van der Waals surface area contributed by atoms with Gasteiger partial charge in [-0.1, -0.05) is 13.0 Å². The molecule has 29 heavy (non-hydrogen) atoms. The van der Waals surface area contributed by atoms with Gasteiger partial charge in [0.05, 0.1) is 5.57 Å². The van der Waals surface area contributed by atoms with Crippen molar-refractivity contribution in [2.45, 2.75) is 41.0 Å². The molecule has 0 fully saturated rings. The minimum Gasteiger partial charge on any atom is -0.318 e. The molecule has 2 aromatic rings. The molecule has 1 N–H and O–H groups in total. The van der Waals surface area contributed by atoms with Gasteiger partial charge in [0, 0.05) is 17.1 Å². The fourth-order valence-electron chi connectivity index (χ4n) is 3.53. The fourth-order valence-corrected chi connectivity index (χ4v) is 4.35. The van der Waals surface area contributed by atoms with Crippen LogP contribution in [-0.4, -0.2) is 31.5 Å². The molecule has 1 amide bonds. The predicted octanol–water partition coefficient (Wildman–Crippen LogP) is 4.74. The second-order valence-electron chi connectivity index (χ2n) is 7.30. The summed E-state index contributed by atoms with van der Waals surface area (Å²) < 4.78 is 2.17. The number of aryl methyl sites for hydroxylation is 3. The zero-order valence-corrected chi connectivity index (χ0v) is 18.0. The number of aliphatic imine (C=N–C) groups is 1. The van der Waals surface area contributed by atoms with Crippen LogP contribution in [0.4, 0.5) is 0 Å². The number of amidine groups is 2. The molecule has 0 spiro atoms. The van der Waals surface area contributed by atoms with E-state index in [0.717, 1.165) is 34.1 Å². The maximum Gasteiger partial charge on any atom is 0.283 e. The highest BCUT2D eigenvalue weighted by molar-refractivity contribution is 8.26. The first-order chi connectivity index (χ1) is 13.8. The van der Waals surface area contributed by atoms with E-state index in [1.165, 1.54) is 27.9 Å².